The van der Waals surface area contributed by atoms with Gasteiger partial charge >= 0.3 is 12.2 Å². The molecule has 214 valence electrons. The Balaban J connectivity index is 1.20. The number of nitrogens with one attached hydrogen (secondary N) is 2. The van der Waals surface area contributed by atoms with Crippen LogP contribution in [-0.2, 0) is 11.7 Å². The van der Waals surface area contributed by atoms with Gasteiger partial charge in [-0.2, -0.15) is 23.5 Å². The zero-order valence-electron chi connectivity index (χ0n) is 22.5. The maximum Gasteiger partial charge on any atom is 0.419 e. The second-order valence-electron chi connectivity index (χ2n) is 10.4. The standard InChI is InChI=1S/C28H30F3N9O/c1-3-34-25-22(4-11-35-25)19(2)20-14-36-40(16-20)27(8-9-32)17-39(18-27)21-6-12-38(13-7-21)26(41)37-24-5-10-33-15-23(24)28(29,30)31/h3-5,10-11,14-16,21H,1,6-8,12-13,17-18H2,2H3,(H,34,35)(H,33,37,41)/b22-19+. The first-order chi connectivity index (χ1) is 19.6. The second-order valence-corrected chi connectivity index (χ2v) is 10.4. The lowest BCUT2D eigenvalue weighted by Gasteiger charge is -2.53. The SMILES string of the molecule is C=CNC1=NC=C/C1=C(/C)c1cnn(C2(CC#N)CN(C3CCN(C(=O)Nc4ccncc4C(F)(F)F)CC3)C2)c1. The Morgan fingerprint density at radius 3 is 2.73 bits per heavy atom. The number of alkyl halides is 3. The Morgan fingerprint density at radius 2 is 2.05 bits per heavy atom. The summed E-state index contributed by atoms with van der Waals surface area (Å²) in [6.45, 7) is 7.82. The lowest BCUT2D eigenvalue weighted by Crippen LogP contribution is -2.66. The van der Waals surface area contributed by atoms with Gasteiger partial charge in [0, 0.05) is 68.1 Å². The van der Waals surface area contributed by atoms with E-state index in [0.717, 1.165) is 22.8 Å². The highest BCUT2D eigenvalue weighted by atomic mass is 19.4. The zero-order valence-corrected chi connectivity index (χ0v) is 22.5. The Hall–Kier alpha value is -4.44. The first kappa shape index (κ1) is 28.1. The van der Waals surface area contributed by atoms with Crippen molar-refractivity contribution in [3.63, 3.8) is 0 Å². The van der Waals surface area contributed by atoms with Crippen LogP contribution >= 0.6 is 0 Å². The lowest BCUT2D eigenvalue weighted by atomic mass is 9.84. The van der Waals surface area contributed by atoms with Gasteiger partial charge in [-0.3, -0.25) is 14.6 Å². The summed E-state index contributed by atoms with van der Waals surface area (Å²) in [6.07, 6.45) is 7.96. The van der Waals surface area contributed by atoms with Crippen molar-refractivity contribution in [1.29, 1.82) is 5.26 Å². The van der Waals surface area contributed by atoms with Crippen LogP contribution in [0, 0.1) is 11.3 Å². The molecule has 13 heteroatoms. The van der Waals surface area contributed by atoms with Crippen LogP contribution in [0.1, 0.15) is 37.3 Å². The fourth-order valence-corrected chi connectivity index (χ4v) is 5.59. The molecule has 2 N–H and O–H groups in total. The number of urea groups is 1. The Labute approximate surface area is 235 Å². The summed E-state index contributed by atoms with van der Waals surface area (Å²) in [5.74, 6) is 0.716. The van der Waals surface area contributed by atoms with Gasteiger partial charge in [-0.1, -0.05) is 6.58 Å². The number of hydrogen-bond acceptors (Lipinski definition) is 7. The number of amidine groups is 1. The predicted molar refractivity (Wildman–Crippen MR) is 147 cm³/mol. The van der Waals surface area contributed by atoms with Crippen molar-refractivity contribution < 1.29 is 18.0 Å². The fourth-order valence-electron chi connectivity index (χ4n) is 5.59. The quantitative estimate of drug-likeness (QED) is 0.538. The van der Waals surface area contributed by atoms with E-state index < -0.39 is 23.3 Å². The first-order valence-corrected chi connectivity index (χ1v) is 13.2. The fraction of sp³-hybridized carbons (Fsp3) is 0.393. The van der Waals surface area contributed by atoms with Crippen molar-refractivity contribution in [3.8, 4) is 6.07 Å². The molecule has 0 unspecified atom stereocenters. The molecule has 2 aromatic heterocycles. The summed E-state index contributed by atoms with van der Waals surface area (Å²) in [5.41, 5.74) is 1.14. The minimum absolute atomic E-state index is 0.198. The van der Waals surface area contributed by atoms with E-state index in [0.29, 0.717) is 57.5 Å². The van der Waals surface area contributed by atoms with E-state index in [2.05, 4.69) is 43.3 Å². The molecule has 0 radical (unpaired) electrons. The molecule has 41 heavy (non-hydrogen) atoms. The van der Waals surface area contributed by atoms with E-state index in [4.69, 9.17) is 0 Å². The molecule has 2 aromatic rings. The summed E-state index contributed by atoms with van der Waals surface area (Å²) in [7, 11) is 0. The average molecular weight is 566 g/mol. The van der Waals surface area contributed by atoms with Gasteiger partial charge in [0.1, 0.15) is 11.4 Å². The number of carbonyl (C=O) groups is 1. The van der Waals surface area contributed by atoms with E-state index in [1.807, 2.05) is 23.9 Å². The van der Waals surface area contributed by atoms with Crippen LogP contribution in [0.25, 0.3) is 5.57 Å². The highest BCUT2D eigenvalue weighted by Gasteiger charge is 2.48. The van der Waals surface area contributed by atoms with Gasteiger partial charge in [0.15, 0.2) is 0 Å². The number of rotatable bonds is 6. The van der Waals surface area contributed by atoms with E-state index in [-0.39, 0.29) is 11.7 Å². The molecular formula is C28H30F3N9O. The third-order valence-corrected chi connectivity index (χ3v) is 7.88. The Morgan fingerprint density at radius 1 is 1.29 bits per heavy atom. The van der Waals surface area contributed by atoms with Gasteiger partial charge in [-0.25, -0.2) is 9.79 Å². The molecule has 5 rings (SSSR count). The number of likely N-dealkylation sites (tertiary alicyclic amines) is 2. The molecule has 2 saturated heterocycles. The summed E-state index contributed by atoms with van der Waals surface area (Å²) < 4.78 is 41.7. The van der Waals surface area contributed by atoms with E-state index >= 15 is 0 Å². The lowest BCUT2D eigenvalue weighted by molar-refractivity contribution is -0.137. The minimum atomic E-state index is -4.62. The number of hydrogen-bond donors (Lipinski definition) is 2. The Bertz CT molecular complexity index is 1450. The minimum Gasteiger partial charge on any atom is -0.347 e. The molecule has 3 aliphatic heterocycles. The number of amides is 2. The molecule has 0 spiro atoms. The number of nitrogens with zero attached hydrogens (tertiary/aromatic N) is 7. The van der Waals surface area contributed by atoms with Crippen molar-refractivity contribution in [2.45, 2.75) is 43.9 Å². The molecule has 0 bridgehead atoms. The van der Waals surface area contributed by atoms with Crippen molar-refractivity contribution in [1.82, 2.24) is 29.9 Å². The smallest absolute Gasteiger partial charge is 0.347 e. The third kappa shape index (κ3) is 5.60. The van der Waals surface area contributed by atoms with Crippen molar-refractivity contribution >= 4 is 23.1 Å². The molecule has 0 aliphatic carbocycles. The number of halogens is 3. The van der Waals surface area contributed by atoms with Crippen LogP contribution in [0.3, 0.4) is 0 Å². The van der Waals surface area contributed by atoms with Crippen LogP contribution in [0.15, 0.2) is 66.5 Å². The Kier molecular flexibility index (Phi) is 7.68. The van der Waals surface area contributed by atoms with Crippen LogP contribution in [0.5, 0.6) is 0 Å². The normalized spacial score (nSPS) is 20.2. The van der Waals surface area contributed by atoms with Crippen molar-refractivity contribution in [2.75, 3.05) is 31.5 Å². The van der Waals surface area contributed by atoms with Gasteiger partial charge in [-0.05, 0) is 43.7 Å². The zero-order chi connectivity index (χ0) is 29.2. The van der Waals surface area contributed by atoms with Gasteiger partial charge in [0.2, 0.25) is 0 Å². The molecule has 5 heterocycles. The summed E-state index contributed by atoms with van der Waals surface area (Å²) in [6, 6.07) is 3.10. The second kappa shape index (κ2) is 11.2. The maximum absolute atomic E-state index is 13.3. The summed E-state index contributed by atoms with van der Waals surface area (Å²) in [4.78, 5) is 24.4. The van der Waals surface area contributed by atoms with Crippen LogP contribution in [0.2, 0.25) is 0 Å². The van der Waals surface area contributed by atoms with E-state index in [1.54, 1.807) is 18.6 Å². The highest BCUT2D eigenvalue weighted by molar-refractivity contribution is 6.09. The van der Waals surface area contributed by atoms with Crippen molar-refractivity contribution in [3.05, 3.63) is 72.6 Å². The van der Waals surface area contributed by atoms with Gasteiger partial charge in [0.05, 0.1) is 29.9 Å². The number of piperidine rings is 1. The molecule has 3 aliphatic rings. The number of carbonyl (C=O) groups excluding carboxylic acids is 1. The average Bonchev–Trinajstić information content (AvgIpc) is 3.61. The molecular weight excluding hydrogens is 535 g/mol. The van der Waals surface area contributed by atoms with Crippen LogP contribution in [-0.4, -0.2) is 68.7 Å². The number of aliphatic imine (C=N–C) groups is 1. The summed E-state index contributed by atoms with van der Waals surface area (Å²) in [5, 5.41) is 19.7. The largest absolute Gasteiger partial charge is 0.419 e. The van der Waals surface area contributed by atoms with Crippen molar-refractivity contribution in [2.24, 2.45) is 4.99 Å². The van der Waals surface area contributed by atoms with Crippen LogP contribution in [0.4, 0.5) is 23.7 Å². The number of pyridine rings is 1. The number of aromatic nitrogens is 3. The van der Waals surface area contributed by atoms with Gasteiger partial charge in [-0.15, -0.1) is 0 Å². The van der Waals surface area contributed by atoms with E-state index in [9.17, 15) is 23.2 Å². The molecule has 10 nitrogen and oxygen atoms in total. The monoisotopic (exact) mass is 565 g/mol. The first-order valence-electron chi connectivity index (χ1n) is 13.2. The third-order valence-electron chi connectivity index (χ3n) is 7.88. The van der Waals surface area contributed by atoms with E-state index in [1.165, 1.54) is 11.1 Å². The molecule has 2 amide bonds. The van der Waals surface area contributed by atoms with Gasteiger partial charge in [0.25, 0.3) is 0 Å². The van der Waals surface area contributed by atoms with Crippen LogP contribution < -0.4 is 10.6 Å². The number of allylic oxidation sites excluding steroid dienone is 1. The predicted octanol–water partition coefficient (Wildman–Crippen LogP) is 4.35. The number of nitriles is 1. The number of anilines is 1. The molecule has 0 aromatic carbocycles. The maximum atomic E-state index is 13.3. The summed E-state index contributed by atoms with van der Waals surface area (Å²) >= 11 is 0. The highest BCUT2D eigenvalue weighted by Crippen LogP contribution is 2.37. The van der Waals surface area contributed by atoms with Gasteiger partial charge < -0.3 is 15.5 Å². The topological polar surface area (TPSA) is 114 Å². The molecule has 0 saturated carbocycles. The molecule has 0 atom stereocenters. The molecule has 2 fully saturated rings.